The lowest BCUT2D eigenvalue weighted by molar-refractivity contribution is 0.0176. The first kappa shape index (κ1) is 15.5. The van der Waals surface area contributed by atoms with E-state index >= 15 is 0 Å². The summed E-state index contributed by atoms with van der Waals surface area (Å²) in [6, 6.07) is 8.27. The minimum atomic E-state index is -0.440. The van der Waals surface area contributed by atoms with Gasteiger partial charge in [0.15, 0.2) is 0 Å². The van der Waals surface area contributed by atoms with E-state index in [9.17, 15) is 5.11 Å². The van der Waals surface area contributed by atoms with E-state index in [4.69, 9.17) is 4.74 Å². The minimum Gasteiger partial charge on any atom is -0.387 e. The third-order valence-corrected chi connectivity index (χ3v) is 4.37. The second-order valence-corrected chi connectivity index (χ2v) is 6.12. The molecule has 20 heavy (non-hydrogen) atoms. The van der Waals surface area contributed by atoms with E-state index in [1.807, 2.05) is 12.1 Å². The Morgan fingerprint density at radius 3 is 2.65 bits per heavy atom. The molecule has 1 heterocycles. The van der Waals surface area contributed by atoms with Gasteiger partial charge in [-0.1, -0.05) is 29.8 Å². The summed E-state index contributed by atoms with van der Waals surface area (Å²) in [5.74, 6) is 0.599. The van der Waals surface area contributed by atoms with Gasteiger partial charge in [0.2, 0.25) is 0 Å². The molecule has 0 bridgehead atoms. The maximum atomic E-state index is 10.5. The quantitative estimate of drug-likeness (QED) is 0.898. The molecule has 0 spiro atoms. The number of nitrogens with zero attached hydrogens (tertiary/aromatic N) is 1. The SMILES string of the molecule is Cc1ccc(C(O)C(C)N(C)CC2CCCOC2)cc1. The van der Waals surface area contributed by atoms with Crippen LogP contribution in [0.5, 0.6) is 0 Å². The Bertz CT molecular complexity index is 398. The van der Waals surface area contributed by atoms with Crippen LogP contribution in [0.15, 0.2) is 24.3 Å². The maximum absolute atomic E-state index is 10.5. The first-order valence-electron chi connectivity index (χ1n) is 7.60. The Labute approximate surface area is 122 Å². The normalized spacial score (nSPS) is 22.8. The van der Waals surface area contributed by atoms with E-state index in [0.717, 1.165) is 31.7 Å². The van der Waals surface area contributed by atoms with Gasteiger partial charge >= 0.3 is 0 Å². The van der Waals surface area contributed by atoms with E-state index in [2.05, 4.69) is 37.9 Å². The summed E-state index contributed by atoms with van der Waals surface area (Å²) in [6.45, 7) is 6.91. The van der Waals surface area contributed by atoms with Gasteiger partial charge in [-0.15, -0.1) is 0 Å². The molecule has 1 aromatic carbocycles. The summed E-state index contributed by atoms with van der Waals surface area (Å²) in [5.41, 5.74) is 2.22. The molecule has 2 rings (SSSR count). The van der Waals surface area contributed by atoms with Crippen molar-refractivity contribution >= 4 is 0 Å². The topological polar surface area (TPSA) is 32.7 Å². The number of benzene rings is 1. The molecular weight excluding hydrogens is 250 g/mol. The van der Waals surface area contributed by atoms with Gasteiger partial charge in [0.25, 0.3) is 0 Å². The van der Waals surface area contributed by atoms with Crippen molar-refractivity contribution < 1.29 is 9.84 Å². The van der Waals surface area contributed by atoms with Crippen LogP contribution in [0.25, 0.3) is 0 Å². The number of aryl methyl sites for hydroxylation is 1. The van der Waals surface area contributed by atoms with Crippen LogP contribution in [0.3, 0.4) is 0 Å². The Hall–Kier alpha value is -0.900. The van der Waals surface area contributed by atoms with Gasteiger partial charge in [-0.25, -0.2) is 0 Å². The number of ether oxygens (including phenoxy) is 1. The van der Waals surface area contributed by atoms with Gasteiger partial charge in [-0.3, -0.25) is 0 Å². The number of likely N-dealkylation sites (N-methyl/N-ethyl adjacent to an activating group) is 1. The molecular formula is C17H27NO2. The number of rotatable bonds is 5. The average Bonchev–Trinajstić information content (AvgIpc) is 2.47. The van der Waals surface area contributed by atoms with Crippen LogP contribution in [-0.2, 0) is 4.74 Å². The van der Waals surface area contributed by atoms with Gasteiger partial charge < -0.3 is 14.7 Å². The smallest absolute Gasteiger partial charge is 0.0942 e. The standard InChI is InChI=1S/C17H27NO2/c1-13-6-8-16(9-7-13)17(19)14(2)18(3)11-15-5-4-10-20-12-15/h6-9,14-15,17,19H,4-5,10-12H2,1-3H3. The van der Waals surface area contributed by atoms with Gasteiger partial charge in [-0.05, 0) is 45.2 Å². The fourth-order valence-electron chi connectivity index (χ4n) is 2.81. The van der Waals surface area contributed by atoms with Crippen LogP contribution in [0.4, 0.5) is 0 Å². The summed E-state index contributed by atoms with van der Waals surface area (Å²) >= 11 is 0. The number of hydrogen-bond acceptors (Lipinski definition) is 3. The molecule has 3 atom stereocenters. The summed E-state index contributed by atoms with van der Waals surface area (Å²) in [5, 5.41) is 10.5. The first-order valence-corrected chi connectivity index (χ1v) is 7.60. The summed E-state index contributed by atoms with van der Waals surface area (Å²) < 4.78 is 5.53. The second-order valence-electron chi connectivity index (χ2n) is 6.12. The fraction of sp³-hybridized carbons (Fsp3) is 0.647. The monoisotopic (exact) mass is 277 g/mol. The van der Waals surface area contributed by atoms with E-state index in [1.54, 1.807) is 0 Å². The van der Waals surface area contributed by atoms with Crippen LogP contribution in [0.1, 0.15) is 37.0 Å². The molecule has 3 unspecified atom stereocenters. The molecule has 1 aliphatic heterocycles. The second kappa shape index (κ2) is 7.21. The average molecular weight is 277 g/mol. The van der Waals surface area contributed by atoms with Crippen LogP contribution in [-0.4, -0.2) is 42.9 Å². The van der Waals surface area contributed by atoms with Crippen LogP contribution in [0, 0.1) is 12.8 Å². The molecule has 3 nitrogen and oxygen atoms in total. The van der Waals surface area contributed by atoms with Gasteiger partial charge in [-0.2, -0.15) is 0 Å². The maximum Gasteiger partial charge on any atom is 0.0942 e. The van der Waals surface area contributed by atoms with Gasteiger partial charge in [0.05, 0.1) is 12.7 Å². The highest BCUT2D eigenvalue weighted by Gasteiger charge is 2.23. The zero-order valence-electron chi connectivity index (χ0n) is 12.9. The van der Waals surface area contributed by atoms with Crippen molar-refractivity contribution in [2.75, 3.05) is 26.8 Å². The molecule has 1 aromatic rings. The molecule has 0 aliphatic carbocycles. The van der Waals surface area contributed by atoms with Crippen molar-refractivity contribution in [2.45, 2.75) is 38.8 Å². The molecule has 1 fully saturated rings. The molecule has 0 amide bonds. The Kier molecular flexibility index (Phi) is 5.58. The molecule has 1 aliphatic rings. The van der Waals surface area contributed by atoms with Crippen molar-refractivity contribution in [2.24, 2.45) is 5.92 Å². The predicted octanol–water partition coefficient (Wildman–Crippen LogP) is 2.78. The number of hydrogen-bond donors (Lipinski definition) is 1. The van der Waals surface area contributed by atoms with Crippen LogP contribution >= 0.6 is 0 Å². The lowest BCUT2D eigenvalue weighted by atomic mass is 9.98. The fourth-order valence-corrected chi connectivity index (χ4v) is 2.81. The van der Waals surface area contributed by atoms with E-state index in [1.165, 1.54) is 12.0 Å². The highest BCUT2D eigenvalue weighted by Crippen LogP contribution is 2.23. The Morgan fingerprint density at radius 2 is 2.05 bits per heavy atom. The van der Waals surface area contributed by atoms with Crippen molar-refractivity contribution in [3.05, 3.63) is 35.4 Å². The van der Waals surface area contributed by atoms with Crippen molar-refractivity contribution in [3.8, 4) is 0 Å². The van der Waals surface area contributed by atoms with Crippen molar-refractivity contribution in [3.63, 3.8) is 0 Å². The third-order valence-electron chi connectivity index (χ3n) is 4.37. The van der Waals surface area contributed by atoms with Crippen molar-refractivity contribution in [1.82, 2.24) is 4.90 Å². The van der Waals surface area contributed by atoms with E-state index in [0.29, 0.717) is 5.92 Å². The molecule has 112 valence electrons. The van der Waals surface area contributed by atoms with Gasteiger partial charge in [0, 0.05) is 19.2 Å². The zero-order valence-corrected chi connectivity index (χ0v) is 12.9. The number of aliphatic hydroxyl groups excluding tert-OH is 1. The Morgan fingerprint density at radius 1 is 1.35 bits per heavy atom. The summed E-state index contributed by atoms with van der Waals surface area (Å²) in [6.07, 6.45) is 1.95. The van der Waals surface area contributed by atoms with E-state index in [-0.39, 0.29) is 6.04 Å². The van der Waals surface area contributed by atoms with Crippen LogP contribution in [0.2, 0.25) is 0 Å². The zero-order chi connectivity index (χ0) is 14.5. The van der Waals surface area contributed by atoms with Crippen molar-refractivity contribution in [1.29, 1.82) is 0 Å². The van der Waals surface area contributed by atoms with Gasteiger partial charge in [0.1, 0.15) is 0 Å². The highest BCUT2D eigenvalue weighted by molar-refractivity contribution is 5.23. The predicted molar refractivity (Wildman–Crippen MR) is 81.8 cm³/mol. The van der Waals surface area contributed by atoms with E-state index < -0.39 is 6.10 Å². The molecule has 1 saturated heterocycles. The highest BCUT2D eigenvalue weighted by atomic mass is 16.5. The lowest BCUT2D eigenvalue weighted by Gasteiger charge is -2.33. The molecule has 0 aromatic heterocycles. The molecule has 0 saturated carbocycles. The summed E-state index contributed by atoms with van der Waals surface area (Å²) in [7, 11) is 2.09. The number of aliphatic hydroxyl groups is 1. The Balaban J connectivity index is 1.91. The minimum absolute atomic E-state index is 0.111. The molecule has 3 heteroatoms. The summed E-state index contributed by atoms with van der Waals surface area (Å²) in [4.78, 5) is 2.25. The lowest BCUT2D eigenvalue weighted by Crippen LogP contribution is -2.39. The first-order chi connectivity index (χ1) is 9.58. The third kappa shape index (κ3) is 4.05. The molecule has 0 radical (unpaired) electrons. The van der Waals surface area contributed by atoms with Crippen LogP contribution < -0.4 is 0 Å². The largest absolute Gasteiger partial charge is 0.387 e. The molecule has 1 N–H and O–H groups in total.